The standard InChI is InChI=1S/C28H27FN4O3S/c1-20-9-7-8-12-27(20)32(37(35,36)26-10-5-4-6-11-26)19-28(34)31-30-18-23-17-21(2)33(22(23)3)25-15-13-24(29)14-16-25/h4-18H,19H2,1-3H3,(H,31,34)/b30-18-. The molecular weight excluding hydrogens is 491 g/mol. The van der Waals surface area contributed by atoms with Gasteiger partial charge in [0.25, 0.3) is 15.9 Å². The molecule has 1 aromatic heterocycles. The normalized spacial score (nSPS) is 11.6. The van der Waals surface area contributed by atoms with Crippen molar-refractivity contribution >= 4 is 27.8 Å². The molecule has 1 heterocycles. The van der Waals surface area contributed by atoms with Gasteiger partial charge in [0.05, 0.1) is 16.8 Å². The van der Waals surface area contributed by atoms with Crippen molar-refractivity contribution < 1.29 is 17.6 Å². The van der Waals surface area contributed by atoms with Crippen LogP contribution in [0.2, 0.25) is 0 Å². The molecule has 4 aromatic rings. The molecule has 0 aliphatic rings. The maximum absolute atomic E-state index is 13.4. The molecule has 3 aromatic carbocycles. The van der Waals surface area contributed by atoms with Crippen LogP contribution >= 0.6 is 0 Å². The third-order valence-electron chi connectivity index (χ3n) is 5.95. The van der Waals surface area contributed by atoms with E-state index in [4.69, 9.17) is 0 Å². The summed E-state index contributed by atoms with van der Waals surface area (Å²) >= 11 is 0. The van der Waals surface area contributed by atoms with Crippen LogP contribution in [0.15, 0.2) is 94.9 Å². The third kappa shape index (κ3) is 5.62. The summed E-state index contributed by atoms with van der Waals surface area (Å²) in [6.07, 6.45) is 1.50. The highest BCUT2D eigenvalue weighted by molar-refractivity contribution is 7.92. The number of halogens is 1. The molecular formula is C28H27FN4O3S. The number of carbonyl (C=O) groups excluding carboxylic acids is 1. The average Bonchev–Trinajstić information content (AvgIpc) is 3.17. The zero-order valence-electron chi connectivity index (χ0n) is 20.7. The highest BCUT2D eigenvalue weighted by Crippen LogP contribution is 2.26. The Hall–Kier alpha value is -4.24. The van der Waals surface area contributed by atoms with E-state index in [0.717, 1.165) is 26.9 Å². The Balaban J connectivity index is 1.55. The first-order valence-electron chi connectivity index (χ1n) is 11.6. The summed E-state index contributed by atoms with van der Waals surface area (Å²) in [5.74, 6) is -0.906. The molecule has 0 aliphatic heterocycles. The van der Waals surface area contributed by atoms with Crippen molar-refractivity contribution in [3.05, 3.63) is 113 Å². The van der Waals surface area contributed by atoms with Crippen LogP contribution < -0.4 is 9.73 Å². The third-order valence-corrected chi connectivity index (χ3v) is 7.72. The van der Waals surface area contributed by atoms with E-state index in [-0.39, 0.29) is 10.7 Å². The van der Waals surface area contributed by atoms with Crippen molar-refractivity contribution in [3.63, 3.8) is 0 Å². The zero-order valence-corrected chi connectivity index (χ0v) is 21.5. The lowest BCUT2D eigenvalue weighted by Crippen LogP contribution is -2.40. The van der Waals surface area contributed by atoms with Gasteiger partial charge in [0.15, 0.2) is 0 Å². The van der Waals surface area contributed by atoms with Crippen LogP contribution in [0.5, 0.6) is 0 Å². The Morgan fingerprint density at radius 1 is 0.973 bits per heavy atom. The molecule has 0 fully saturated rings. The van der Waals surface area contributed by atoms with E-state index >= 15 is 0 Å². The minimum absolute atomic E-state index is 0.0859. The number of anilines is 1. The first kappa shape index (κ1) is 25.8. The predicted octanol–water partition coefficient (Wildman–Crippen LogP) is 4.89. The van der Waals surface area contributed by atoms with Crippen LogP contribution in [-0.2, 0) is 14.8 Å². The SMILES string of the molecule is Cc1ccccc1N(CC(=O)N/N=C\c1cc(C)n(-c2ccc(F)cc2)c1C)S(=O)(=O)c1ccccc1. The van der Waals surface area contributed by atoms with Gasteiger partial charge in [0, 0.05) is 22.6 Å². The first-order valence-corrected chi connectivity index (χ1v) is 13.0. The van der Waals surface area contributed by atoms with Gasteiger partial charge in [0.1, 0.15) is 12.4 Å². The highest BCUT2D eigenvalue weighted by Gasteiger charge is 2.28. The van der Waals surface area contributed by atoms with E-state index in [0.29, 0.717) is 11.3 Å². The maximum atomic E-state index is 13.4. The van der Waals surface area contributed by atoms with Crippen LogP contribution in [0.3, 0.4) is 0 Å². The average molecular weight is 519 g/mol. The molecule has 1 amide bonds. The fourth-order valence-corrected chi connectivity index (χ4v) is 5.61. The molecule has 0 unspecified atom stereocenters. The Bertz CT molecular complexity index is 1550. The number of hydrogen-bond donors (Lipinski definition) is 1. The molecule has 4 rings (SSSR count). The number of benzene rings is 3. The number of carbonyl (C=O) groups is 1. The fraction of sp³-hybridized carbons (Fsp3) is 0.143. The summed E-state index contributed by atoms with van der Waals surface area (Å²) < 4.78 is 43.2. The first-order chi connectivity index (χ1) is 17.7. The zero-order chi connectivity index (χ0) is 26.6. The number of para-hydroxylation sites is 1. The van der Waals surface area contributed by atoms with E-state index < -0.39 is 22.5 Å². The molecule has 0 bridgehead atoms. The quantitative estimate of drug-likeness (QED) is 0.266. The summed E-state index contributed by atoms with van der Waals surface area (Å²) in [7, 11) is -4.00. The Labute approximate surface area is 215 Å². The molecule has 190 valence electrons. The lowest BCUT2D eigenvalue weighted by Gasteiger charge is -2.25. The number of rotatable bonds is 8. The van der Waals surface area contributed by atoms with Crippen LogP contribution in [0.4, 0.5) is 10.1 Å². The van der Waals surface area contributed by atoms with Crippen molar-refractivity contribution in [3.8, 4) is 5.69 Å². The van der Waals surface area contributed by atoms with Crippen LogP contribution in [0, 0.1) is 26.6 Å². The number of hydrazone groups is 1. The van der Waals surface area contributed by atoms with Crippen LogP contribution in [0.25, 0.3) is 5.69 Å². The second-order valence-corrected chi connectivity index (χ2v) is 10.4. The minimum Gasteiger partial charge on any atom is -0.318 e. The smallest absolute Gasteiger partial charge is 0.264 e. The number of aryl methyl sites for hydroxylation is 2. The van der Waals surface area contributed by atoms with Crippen LogP contribution in [0.1, 0.15) is 22.5 Å². The molecule has 7 nitrogen and oxygen atoms in total. The Morgan fingerprint density at radius 3 is 2.30 bits per heavy atom. The predicted molar refractivity (Wildman–Crippen MR) is 143 cm³/mol. The Kier molecular flexibility index (Phi) is 7.54. The van der Waals surface area contributed by atoms with Crippen molar-refractivity contribution in [2.75, 3.05) is 10.8 Å². The molecule has 9 heteroatoms. The summed E-state index contributed by atoms with van der Waals surface area (Å²) in [5.41, 5.74) is 6.90. The van der Waals surface area contributed by atoms with Gasteiger partial charge in [0.2, 0.25) is 0 Å². The summed E-state index contributed by atoms with van der Waals surface area (Å²) in [4.78, 5) is 12.9. The van der Waals surface area contributed by atoms with Gasteiger partial charge in [-0.3, -0.25) is 9.10 Å². The van der Waals surface area contributed by atoms with Gasteiger partial charge in [-0.25, -0.2) is 18.2 Å². The second-order valence-electron chi connectivity index (χ2n) is 8.54. The molecule has 0 saturated carbocycles. The maximum Gasteiger partial charge on any atom is 0.264 e. The fourth-order valence-electron chi connectivity index (χ4n) is 4.11. The van der Waals surface area contributed by atoms with Crippen LogP contribution in [-0.4, -0.2) is 31.7 Å². The summed E-state index contributed by atoms with van der Waals surface area (Å²) in [6, 6.07) is 23.0. The van der Waals surface area contributed by atoms with E-state index in [1.807, 2.05) is 24.5 Å². The van der Waals surface area contributed by atoms with Crippen molar-refractivity contribution in [2.24, 2.45) is 5.10 Å². The summed E-state index contributed by atoms with van der Waals surface area (Å²) in [6.45, 7) is 5.15. The number of amides is 1. The lowest BCUT2D eigenvalue weighted by molar-refractivity contribution is -0.119. The molecule has 0 aliphatic carbocycles. The number of aromatic nitrogens is 1. The van der Waals surface area contributed by atoms with E-state index in [9.17, 15) is 17.6 Å². The number of hydrogen-bond acceptors (Lipinski definition) is 4. The largest absolute Gasteiger partial charge is 0.318 e. The van der Waals surface area contributed by atoms with E-state index in [1.165, 1.54) is 30.5 Å². The van der Waals surface area contributed by atoms with Crippen molar-refractivity contribution in [1.82, 2.24) is 9.99 Å². The molecule has 0 saturated heterocycles. The van der Waals surface area contributed by atoms with Crippen molar-refractivity contribution in [1.29, 1.82) is 0 Å². The van der Waals surface area contributed by atoms with E-state index in [1.54, 1.807) is 61.5 Å². The van der Waals surface area contributed by atoms with E-state index in [2.05, 4.69) is 10.5 Å². The highest BCUT2D eigenvalue weighted by atomic mass is 32.2. The number of nitrogens with one attached hydrogen (secondary N) is 1. The van der Waals surface area contributed by atoms with Gasteiger partial charge < -0.3 is 4.57 Å². The lowest BCUT2D eigenvalue weighted by atomic mass is 10.2. The molecule has 37 heavy (non-hydrogen) atoms. The second kappa shape index (κ2) is 10.8. The molecule has 0 radical (unpaired) electrons. The van der Waals surface area contributed by atoms with Gasteiger partial charge in [-0.1, -0.05) is 36.4 Å². The van der Waals surface area contributed by atoms with Gasteiger partial charge in [-0.2, -0.15) is 5.10 Å². The minimum atomic E-state index is -4.00. The monoisotopic (exact) mass is 518 g/mol. The van der Waals surface area contributed by atoms with Crippen molar-refractivity contribution in [2.45, 2.75) is 25.7 Å². The van der Waals surface area contributed by atoms with Gasteiger partial charge in [-0.05, 0) is 74.9 Å². The topological polar surface area (TPSA) is 83.8 Å². The molecule has 0 atom stereocenters. The summed E-state index contributed by atoms with van der Waals surface area (Å²) in [5, 5.41) is 4.07. The molecule has 0 spiro atoms. The number of sulfonamides is 1. The molecule has 1 N–H and O–H groups in total. The van der Waals surface area contributed by atoms with Gasteiger partial charge >= 0.3 is 0 Å². The Morgan fingerprint density at radius 2 is 1.62 bits per heavy atom. The number of nitrogens with zero attached hydrogens (tertiary/aromatic N) is 3. The van der Waals surface area contributed by atoms with Gasteiger partial charge in [-0.15, -0.1) is 0 Å².